The molecular weight excluding hydrogens is 471 g/mol. The maximum Gasteiger partial charge on any atom is 0.250 e. The van der Waals surface area contributed by atoms with Gasteiger partial charge in [0, 0.05) is 61.3 Å². The van der Waals surface area contributed by atoms with Crippen molar-refractivity contribution in [3.05, 3.63) is 73.0 Å². The lowest BCUT2D eigenvalue weighted by Gasteiger charge is -2.33. The molecule has 0 unspecified atom stereocenters. The van der Waals surface area contributed by atoms with Crippen LogP contribution in [0, 0.1) is 0 Å². The minimum atomic E-state index is -0.565. The van der Waals surface area contributed by atoms with Gasteiger partial charge in [0.2, 0.25) is 5.95 Å². The molecule has 188 valence electrons. The molecule has 0 bridgehead atoms. The van der Waals surface area contributed by atoms with Crippen molar-refractivity contribution in [2.75, 3.05) is 48.8 Å². The zero-order valence-corrected chi connectivity index (χ0v) is 20.6. The molecular formula is C27H27FN8O. The summed E-state index contributed by atoms with van der Waals surface area (Å²) < 4.78 is 13.0. The van der Waals surface area contributed by atoms with Crippen molar-refractivity contribution in [2.24, 2.45) is 0 Å². The molecule has 3 aromatic heterocycles. The summed E-state index contributed by atoms with van der Waals surface area (Å²) in [4.78, 5) is 34.9. The number of benzene rings is 1. The van der Waals surface area contributed by atoms with E-state index in [0.717, 1.165) is 54.7 Å². The monoisotopic (exact) mass is 498 g/mol. The highest BCUT2D eigenvalue weighted by molar-refractivity contribution is 6.00. The Labute approximate surface area is 214 Å². The van der Waals surface area contributed by atoms with E-state index in [-0.39, 0.29) is 0 Å². The van der Waals surface area contributed by atoms with Crippen LogP contribution < -0.4 is 15.5 Å². The van der Waals surface area contributed by atoms with E-state index in [1.807, 2.05) is 24.3 Å². The Morgan fingerprint density at radius 1 is 1.00 bits per heavy atom. The fourth-order valence-corrected chi connectivity index (χ4v) is 4.14. The molecule has 1 saturated heterocycles. The predicted octanol–water partition coefficient (Wildman–Crippen LogP) is 4.39. The number of anilines is 4. The highest BCUT2D eigenvalue weighted by Crippen LogP contribution is 2.28. The number of halogens is 1. The van der Waals surface area contributed by atoms with Gasteiger partial charge in [-0.3, -0.25) is 9.78 Å². The van der Waals surface area contributed by atoms with E-state index in [0.29, 0.717) is 22.8 Å². The minimum Gasteiger partial charge on any atom is -0.354 e. The van der Waals surface area contributed by atoms with Crippen molar-refractivity contribution < 1.29 is 9.18 Å². The Balaban J connectivity index is 1.38. The molecule has 37 heavy (non-hydrogen) atoms. The van der Waals surface area contributed by atoms with Crippen molar-refractivity contribution in [1.29, 1.82) is 0 Å². The molecule has 4 aromatic rings. The number of fused-ring (bicyclic) bond motifs is 1. The number of allylic oxidation sites excluding steroid dienone is 1. The fraction of sp³-hybridized carbons (Fsp3) is 0.222. The normalized spacial score (nSPS) is 14.6. The summed E-state index contributed by atoms with van der Waals surface area (Å²) in [7, 11) is 2.13. The van der Waals surface area contributed by atoms with E-state index in [9.17, 15) is 9.18 Å². The van der Waals surface area contributed by atoms with E-state index in [1.54, 1.807) is 36.8 Å². The van der Waals surface area contributed by atoms with E-state index in [4.69, 9.17) is 4.98 Å². The molecule has 0 aliphatic carbocycles. The van der Waals surface area contributed by atoms with Crippen LogP contribution in [0.15, 0.2) is 73.0 Å². The Hall–Kier alpha value is -4.44. The van der Waals surface area contributed by atoms with Gasteiger partial charge in [-0.15, -0.1) is 0 Å². The van der Waals surface area contributed by atoms with Gasteiger partial charge in [-0.1, -0.05) is 12.1 Å². The third-order valence-corrected chi connectivity index (χ3v) is 6.06. The summed E-state index contributed by atoms with van der Waals surface area (Å²) in [6.07, 6.45) is 6.11. The molecule has 1 aromatic carbocycles. The number of piperazine rings is 1. The topological polar surface area (TPSA) is 99.2 Å². The van der Waals surface area contributed by atoms with Crippen LogP contribution in [-0.2, 0) is 4.79 Å². The third kappa shape index (κ3) is 5.87. The van der Waals surface area contributed by atoms with E-state index >= 15 is 0 Å². The minimum absolute atomic E-state index is 0.420. The lowest BCUT2D eigenvalue weighted by atomic mass is 10.1. The number of pyridine rings is 2. The zero-order chi connectivity index (χ0) is 25.8. The van der Waals surface area contributed by atoms with Gasteiger partial charge in [0.25, 0.3) is 5.91 Å². The lowest BCUT2D eigenvalue weighted by molar-refractivity contribution is -0.112. The number of hydrogen-bond acceptors (Lipinski definition) is 8. The summed E-state index contributed by atoms with van der Waals surface area (Å²) in [5.41, 5.74) is 3.36. The highest BCUT2D eigenvalue weighted by Gasteiger charge is 2.15. The van der Waals surface area contributed by atoms with Gasteiger partial charge in [0.05, 0.1) is 17.6 Å². The fourth-order valence-electron chi connectivity index (χ4n) is 4.14. The molecule has 4 heterocycles. The van der Waals surface area contributed by atoms with Crippen molar-refractivity contribution in [3.63, 3.8) is 0 Å². The van der Waals surface area contributed by atoms with Crippen LogP contribution in [0.25, 0.3) is 22.2 Å². The molecule has 0 spiro atoms. The lowest BCUT2D eigenvalue weighted by Crippen LogP contribution is -2.44. The van der Waals surface area contributed by atoms with Crippen molar-refractivity contribution in [3.8, 4) is 11.3 Å². The Bertz CT molecular complexity index is 1440. The molecule has 1 aliphatic heterocycles. The second-order valence-electron chi connectivity index (χ2n) is 8.91. The van der Waals surface area contributed by atoms with Gasteiger partial charge in [-0.05, 0) is 44.3 Å². The second kappa shape index (κ2) is 10.7. The Morgan fingerprint density at radius 2 is 1.84 bits per heavy atom. The third-order valence-electron chi connectivity index (χ3n) is 6.06. The first-order valence-electron chi connectivity index (χ1n) is 12.0. The van der Waals surface area contributed by atoms with Gasteiger partial charge in [0.1, 0.15) is 17.2 Å². The number of rotatable bonds is 6. The second-order valence-corrected chi connectivity index (χ2v) is 8.91. The van der Waals surface area contributed by atoms with Crippen LogP contribution in [0.2, 0.25) is 0 Å². The molecule has 2 N–H and O–H groups in total. The van der Waals surface area contributed by atoms with Crippen molar-refractivity contribution in [1.82, 2.24) is 24.8 Å². The van der Waals surface area contributed by atoms with E-state index in [1.165, 1.54) is 6.92 Å². The summed E-state index contributed by atoms with van der Waals surface area (Å²) in [5, 5.41) is 6.72. The summed E-state index contributed by atoms with van der Waals surface area (Å²) in [6, 6.07) is 13.0. The quantitative estimate of drug-likeness (QED) is 0.378. The number of carbonyl (C=O) groups is 1. The van der Waals surface area contributed by atoms with Crippen LogP contribution in [0.3, 0.4) is 0 Å². The van der Waals surface area contributed by atoms with Crippen LogP contribution in [0.5, 0.6) is 0 Å². The van der Waals surface area contributed by atoms with Crippen LogP contribution in [-0.4, -0.2) is 64.0 Å². The number of carbonyl (C=O) groups excluding carboxylic acids is 1. The van der Waals surface area contributed by atoms with Crippen molar-refractivity contribution >= 4 is 40.0 Å². The molecule has 0 atom stereocenters. The summed E-state index contributed by atoms with van der Waals surface area (Å²) >= 11 is 0. The predicted molar refractivity (Wildman–Crippen MR) is 143 cm³/mol. The number of amides is 1. The number of aromatic nitrogens is 4. The van der Waals surface area contributed by atoms with E-state index < -0.39 is 11.7 Å². The molecule has 1 amide bonds. The molecule has 1 fully saturated rings. The Morgan fingerprint density at radius 3 is 2.59 bits per heavy atom. The van der Waals surface area contributed by atoms with Gasteiger partial charge >= 0.3 is 0 Å². The molecule has 5 rings (SSSR count). The number of nitrogens with zero attached hydrogens (tertiary/aromatic N) is 6. The van der Waals surface area contributed by atoms with Gasteiger partial charge in [-0.2, -0.15) is 0 Å². The standard InChI is InChI=1S/C27H27FN8O/c1-18(28)14-24(37)32-21-5-3-4-19(15-21)25-26-20(8-9-29-25)16-31-27(34-26)33-22-6-7-23(30-17-22)36-12-10-35(2)11-13-36/h3-9,14-17H,10-13H2,1-2H3,(H,32,37)(H,31,33,34). The smallest absolute Gasteiger partial charge is 0.250 e. The first kappa shape index (κ1) is 24.3. The number of hydrogen-bond donors (Lipinski definition) is 2. The first-order valence-corrected chi connectivity index (χ1v) is 12.0. The molecule has 0 saturated carbocycles. The first-order chi connectivity index (χ1) is 17.9. The SMILES string of the molecule is CC(F)=CC(=O)Nc1cccc(-c2nccc3cnc(Nc4ccc(N5CCN(C)CC5)nc4)nc23)c1. The molecule has 1 aliphatic rings. The summed E-state index contributed by atoms with van der Waals surface area (Å²) in [5.74, 6) is 0.270. The van der Waals surface area contributed by atoms with Gasteiger partial charge in [0.15, 0.2) is 0 Å². The van der Waals surface area contributed by atoms with Gasteiger partial charge in [-0.25, -0.2) is 19.3 Å². The average Bonchev–Trinajstić information content (AvgIpc) is 2.89. The Kier molecular flexibility index (Phi) is 7.00. The molecule has 9 nitrogen and oxygen atoms in total. The van der Waals surface area contributed by atoms with E-state index in [2.05, 4.69) is 42.4 Å². The van der Waals surface area contributed by atoms with Crippen LogP contribution in [0.1, 0.15) is 6.92 Å². The number of likely N-dealkylation sites (N-methyl/N-ethyl adjacent to an activating group) is 1. The average molecular weight is 499 g/mol. The number of nitrogens with one attached hydrogen (secondary N) is 2. The molecule has 10 heteroatoms. The largest absolute Gasteiger partial charge is 0.354 e. The van der Waals surface area contributed by atoms with Gasteiger partial charge < -0.3 is 20.4 Å². The maximum atomic E-state index is 13.0. The van der Waals surface area contributed by atoms with Crippen molar-refractivity contribution in [2.45, 2.75) is 6.92 Å². The maximum absolute atomic E-state index is 13.0. The summed E-state index contributed by atoms with van der Waals surface area (Å²) in [6.45, 7) is 5.17. The molecule has 0 radical (unpaired) electrons. The van der Waals surface area contributed by atoms with Crippen LogP contribution in [0.4, 0.5) is 27.5 Å². The van der Waals surface area contributed by atoms with Crippen LogP contribution >= 0.6 is 0 Å². The highest BCUT2D eigenvalue weighted by atomic mass is 19.1. The zero-order valence-electron chi connectivity index (χ0n) is 20.6.